The van der Waals surface area contributed by atoms with Crippen LogP contribution in [-0.4, -0.2) is 4.57 Å². The Labute approximate surface area is 263 Å². The third-order valence-corrected chi connectivity index (χ3v) is 9.70. The van der Waals surface area contributed by atoms with Gasteiger partial charge in [-0.25, -0.2) is 0 Å². The van der Waals surface area contributed by atoms with E-state index >= 15 is 0 Å². The molecule has 1 nitrogen and oxygen atoms in total. The predicted molar refractivity (Wildman–Crippen MR) is 187 cm³/mol. The fraction of sp³-hybridized carbons (Fsp3) is 0.0455. The van der Waals surface area contributed by atoms with Crippen LogP contribution in [0.5, 0.6) is 0 Å². The van der Waals surface area contributed by atoms with Crippen LogP contribution in [0.4, 0.5) is 0 Å². The van der Waals surface area contributed by atoms with E-state index in [9.17, 15) is 0 Å². The molecule has 45 heavy (non-hydrogen) atoms. The van der Waals surface area contributed by atoms with Crippen LogP contribution in [0.25, 0.3) is 38.6 Å². The highest BCUT2D eigenvalue weighted by Gasteiger charge is 2.46. The normalized spacial score (nSPS) is 15.3. The van der Waals surface area contributed by atoms with Crippen molar-refractivity contribution in [2.24, 2.45) is 0 Å². The number of benzene rings is 7. The second-order valence-corrected chi connectivity index (χ2v) is 12.1. The van der Waals surface area contributed by atoms with Crippen molar-refractivity contribution in [3.63, 3.8) is 0 Å². The molecule has 0 bridgehead atoms. The minimum Gasteiger partial charge on any atom is -0.309 e. The van der Waals surface area contributed by atoms with Crippen LogP contribution in [0.15, 0.2) is 176 Å². The molecule has 0 saturated heterocycles. The topological polar surface area (TPSA) is 4.93 Å². The van der Waals surface area contributed by atoms with Crippen molar-refractivity contribution < 1.29 is 0 Å². The van der Waals surface area contributed by atoms with Gasteiger partial charge in [-0.05, 0) is 81.3 Å². The first-order valence-electron chi connectivity index (χ1n) is 15.7. The summed E-state index contributed by atoms with van der Waals surface area (Å²) in [7, 11) is 0. The van der Waals surface area contributed by atoms with Gasteiger partial charge in [-0.15, -0.1) is 0 Å². The molecule has 1 heterocycles. The summed E-state index contributed by atoms with van der Waals surface area (Å²) in [6.07, 6.45) is 0.923. The number of hydrogen-bond acceptors (Lipinski definition) is 0. The molecule has 0 spiro atoms. The molecule has 0 N–H and O–H groups in total. The van der Waals surface area contributed by atoms with E-state index in [1.165, 1.54) is 72.0 Å². The average molecular weight is 574 g/mol. The maximum atomic E-state index is 2.50. The molecule has 212 valence electrons. The Kier molecular flexibility index (Phi) is 5.86. The standard InChI is InChI=1S/C44H31N/c1-4-14-31(15-5-1)28-32-24-26-34(27-25-32)44(33-16-6-2-7-17-33)40-22-12-10-20-36(40)38-30-43-39(29-41(38)44)37-21-11-13-23-42(37)45(43)35-18-8-3-9-19-35/h1-27,29-30H,28H2. The Morgan fingerprint density at radius 1 is 0.400 bits per heavy atom. The van der Waals surface area contributed by atoms with E-state index in [0.29, 0.717) is 0 Å². The Balaban J connectivity index is 1.35. The minimum atomic E-state index is -0.442. The molecule has 1 aliphatic carbocycles. The van der Waals surface area contributed by atoms with E-state index in [0.717, 1.165) is 6.42 Å². The van der Waals surface area contributed by atoms with Crippen LogP contribution in [0.3, 0.4) is 0 Å². The van der Waals surface area contributed by atoms with Gasteiger partial charge in [0.05, 0.1) is 16.4 Å². The van der Waals surface area contributed by atoms with Gasteiger partial charge in [-0.3, -0.25) is 0 Å². The molecule has 1 heteroatoms. The van der Waals surface area contributed by atoms with Gasteiger partial charge in [0.15, 0.2) is 0 Å². The van der Waals surface area contributed by atoms with Crippen molar-refractivity contribution in [1.29, 1.82) is 0 Å². The molecule has 0 amide bonds. The average Bonchev–Trinajstić information content (AvgIpc) is 3.59. The zero-order valence-electron chi connectivity index (χ0n) is 24.9. The lowest BCUT2D eigenvalue weighted by Gasteiger charge is -2.34. The monoisotopic (exact) mass is 573 g/mol. The summed E-state index contributed by atoms with van der Waals surface area (Å²) in [5.74, 6) is 0. The number of fused-ring (bicyclic) bond motifs is 6. The quantitative estimate of drug-likeness (QED) is 0.193. The van der Waals surface area contributed by atoms with Crippen molar-refractivity contribution in [2.75, 3.05) is 0 Å². The molecule has 0 fully saturated rings. The lowest BCUT2D eigenvalue weighted by Crippen LogP contribution is -2.28. The summed E-state index contributed by atoms with van der Waals surface area (Å²) < 4.78 is 2.43. The molecule has 9 rings (SSSR count). The number of aromatic nitrogens is 1. The summed E-state index contributed by atoms with van der Waals surface area (Å²) in [5, 5.41) is 2.55. The zero-order chi connectivity index (χ0) is 29.8. The SMILES string of the molecule is c1ccc(Cc2ccc(C3(c4ccccc4)c4ccccc4-c4cc5c(cc43)c3ccccc3n5-c3ccccc3)cc2)cc1. The fourth-order valence-corrected chi connectivity index (χ4v) is 7.77. The van der Waals surface area contributed by atoms with Gasteiger partial charge in [0.25, 0.3) is 0 Å². The first-order valence-corrected chi connectivity index (χ1v) is 15.7. The van der Waals surface area contributed by atoms with E-state index < -0.39 is 5.41 Å². The smallest absolute Gasteiger partial charge is 0.0713 e. The van der Waals surface area contributed by atoms with Crippen molar-refractivity contribution in [3.05, 3.63) is 209 Å². The van der Waals surface area contributed by atoms with Crippen LogP contribution in [0, 0.1) is 0 Å². The van der Waals surface area contributed by atoms with Gasteiger partial charge >= 0.3 is 0 Å². The number of para-hydroxylation sites is 2. The van der Waals surface area contributed by atoms with Crippen molar-refractivity contribution in [3.8, 4) is 16.8 Å². The van der Waals surface area contributed by atoms with Gasteiger partial charge < -0.3 is 4.57 Å². The van der Waals surface area contributed by atoms with Crippen LogP contribution < -0.4 is 0 Å². The van der Waals surface area contributed by atoms with Crippen LogP contribution >= 0.6 is 0 Å². The Morgan fingerprint density at radius 2 is 1.00 bits per heavy atom. The predicted octanol–water partition coefficient (Wildman–Crippen LogP) is 10.7. The Bertz CT molecular complexity index is 2310. The molecule has 1 aliphatic rings. The molecule has 7 aromatic carbocycles. The van der Waals surface area contributed by atoms with E-state index in [-0.39, 0.29) is 0 Å². The van der Waals surface area contributed by atoms with Crippen molar-refractivity contribution >= 4 is 21.8 Å². The Hall–Kier alpha value is -5.66. The van der Waals surface area contributed by atoms with Crippen LogP contribution in [-0.2, 0) is 11.8 Å². The second kappa shape index (κ2) is 10.2. The van der Waals surface area contributed by atoms with Gasteiger partial charge in [0, 0.05) is 16.5 Å². The highest BCUT2D eigenvalue weighted by atomic mass is 15.0. The van der Waals surface area contributed by atoms with E-state index in [2.05, 4.69) is 180 Å². The summed E-state index contributed by atoms with van der Waals surface area (Å²) in [5.41, 5.74) is 13.7. The third kappa shape index (κ3) is 3.87. The maximum Gasteiger partial charge on any atom is 0.0713 e. The maximum absolute atomic E-state index is 2.50. The molecular formula is C44H31N. The van der Waals surface area contributed by atoms with Gasteiger partial charge in [-0.2, -0.15) is 0 Å². The lowest BCUT2D eigenvalue weighted by molar-refractivity contribution is 0.769. The summed E-state index contributed by atoms with van der Waals surface area (Å²) in [6, 6.07) is 64.8. The van der Waals surface area contributed by atoms with Gasteiger partial charge in [0.1, 0.15) is 0 Å². The first kappa shape index (κ1) is 25.8. The summed E-state index contributed by atoms with van der Waals surface area (Å²) >= 11 is 0. The highest BCUT2D eigenvalue weighted by Crippen LogP contribution is 2.57. The van der Waals surface area contributed by atoms with Crippen molar-refractivity contribution in [1.82, 2.24) is 4.57 Å². The van der Waals surface area contributed by atoms with Gasteiger partial charge in [0.2, 0.25) is 0 Å². The van der Waals surface area contributed by atoms with E-state index in [1.807, 2.05) is 0 Å². The molecule has 0 aliphatic heterocycles. The molecule has 0 saturated carbocycles. The molecule has 1 atom stereocenters. The Morgan fingerprint density at radius 3 is 1.78 bits per heavy atom. The largest absolute Gasteiger partial charge is 0.309 e. The number of hydrogen-bond donors (Lipinski definition) is 0. The van der Waals surface area contributed by atoms with Crippen molar-refractivity contribution in [2.45, 2.75) is 11.8 Å². The summed E-state index contributed by atoms with van der Waals surface area (Å²) in [6.45, 7) is 0. The molecule has 8 aromatic rings. The third-order valence-electron chi connectivity index (χ3n) is 9.70. The molecule has 1 unspecified atom stereocenters. The second-order valence-electron chi connectivity index (χ2n) is 12.1. The number of nitrogens with zero attached hydrogens (tertiary/aromatic N) is 1. The first-order chi connectivity index (χ1) is 22.3. The molecular weight excluding hydrogens is 542 g/mol. The zero-order valence-corrected chi connectivity index (χ0v) is 24.9. The van der Waals surface area contributed by atoms with Gasteiger partial charge in [-0.1, -0.05) is 146 Å². The lowest BCUT2D eigenvalue weighted by atomic mass is 9.67. The van der Waals surface area contributed by atoms with Crippen LogP contribution in [0.1, 0.15) is 33.4 Å². The van der Waals surface area contributed by atoms with E-state index in [4.69, 9.17) is 0 Å². The molecule has 1 aromatic heterocycles. The molecule has 0 radical (unpaired) electrons. The number of rotatable bonds is 5. The highest BCUT2D eigenvalue weighted by molar-refractivity contribution is 6.11. The summed E-state index contributed by atoms with van der Waals surface area (Å²) in [4.78, 5) is 0. The van der Waals surface area contributed by atoms with Crippen LogP contribution in [0.2, 0.25) is 0 Å². The van der Waals surface area contributed by atoms with E-state index in [1.54, 1.807) is 0 Å². The fourth-order valence-electron chi connectivity index (χ4n) is 7.77. The minimum absolute atomic E-state index is 0.442.